The topological polar surface area (TPSA) is 78.9 Å². The van der Waals surface area contributed by atoms with Crippen LogP contribution in [0.25, 0.3) is 0 Å². The molecule has 0 radical (unpaired) electrons. The van der Waals surface area contributed by atoms with Crippen molar-refractivity contribution in [3.63, 3.8) is 0 Å². The minimum Gasteiger partial charge on any atom is -0.361 e. The molecule has 5 heteroatoms. The third-order valence-electron chi connectivity index (χ3n) is 3.56. The Bertz CT molecular complexity index is 479. The first kappa shape index (κ1) is 12.6. The summed E-state index contributed by atoms with van der Waals surface area (Å²) in [5, 5.41) is 15.8. The summed E-state index contributed by atoms with van der Waals surface area (Å²) in [5.41, 5.74) is -0.503. The lowest BCUT2D eigenvalue weighted by atomic mass is 9.78. The number of carbonyl (C=O) groups excluding carboxylic acids is 1. The second-order valence-corrected chi connectivity index (χ2v) is 5.15. The second kappa shape index (κ2) is 4.81. The van der Waals surface area contributed by atoms with Gasteiger partial charge in [-0.2, -0.15) is 5.26 Å². The Morgan fingerprint density at radius 1 is 1.61 bits per heavy atom. The van der Waals surface area contributed by atoms with Gasteiger partial charge in [0.2, 0.25) is 0 Å². The number of rotatable bonds is 2. The van der Waals surface area contributed by atoms with Gasteiger partial charge in [0.05, 0.1) is 6.07 Å². The lowest BCUT2D eigenvalue weighted by molar-refractivity contribution is 0.0884. The summed E-state index contributed by atoms with van der Waals surface area (Å²) in [6.07, 6.45) is 3.33. The molecule has 1 amide bonds. The lowest BCUT2D eigenvalue weighted by Gasteiger charge is -2.34. The monoisotopic (exact) mass is 247 g/mol. The van der Waals surface area contributed by atoms with Gasteiger partial charge in [0.25, 0.3) is 5.91 Å². The fraction of sp³-hybridized carbons (Fsp3) is 0.615. The number of nitrogens with one attached hydrogen (secondary N) is 1. The van der Waals surface area contributed by atoms with Crippen LogP contribution in [-0.2, 0) is 0 Å². The Morgan fingerprint density at radius 3 is 2.78 bits per heavy atom. The first-order valence-corrected chi connectivity index (χ1v) is 6.22. The SMILES string of the molecule is Cc1cc(C(=O)NC2(C#N)CCC(C)CC2)no1. The van der Waals surface area contributed by atoms with Crippen LogP contribution in [0.4, 0.5) is 0 Å². The van der Waals surface area contributed by atoms with E-state index in [0.29, 0.717) is 24.5 Å². The molecule has 0 atom stereocenters. The van der Waals surface area contributed by atoms with E-state index in [2.05, 4.69) is 23.5 Å². The number of nitriles is 1. The first-order valence-electron chi connectivity index (χ1n) is 6.22. The molecule has 5 nitrogen and oxygen atoms in total. The lowest BCUT2D eigenvalue weighted by Crippen LogP contribution is -2.49. The molecule has 18 heavy (non-hydrogen) atoms. The van der Waals surface area contributed by atoms with Crippen molar-refractivity contribution in [2.24, 2.45) is 5.92 Å². The molecule has 1 heterocycles. The van der Waals surface area contributed by atoms with Crippen LogP contribution in [-0.4, -0.2) is 16.6 Å². The second-order valence-electron chi connectivity index (χ2n) is 5.15. The smallest absolute Gasteiger partial charge is 0.274 e. The predicted molar refractivity (Wildman–Crippen MR) is 64.7 cm³/mol. The maximum atomic E-state index is 12.0. The molecule has 0 bridgehead atoms. The zero-order valence-corrected chi connectivity index (χ0v) is 10.7. The van der Waals surface area contributed by atoms with E-state index >= 15 is 0 Å². The Balaban J connectivity index is 2.07. The van der Waals surface area contributed by atoms with Gasteiger partial charge in [-0.25, -0.2) is 0 Å². The van der Waals surface area contributed by atoms with Crippen LogP contribution in [0.3, 0.4) is 0 Å². The van der Waals surface area contributed by atoms with Crippen molar-refractivity contribution in [2.75, 3.05) is 0 Å². The fourth-order valence-corrected chi connectivity index (χ4v) is 2.27. The van der Waals surface area contributed by atoms with E-state index in [0.717, 1.165) is 12.8 Å². The average Bonchev–Trinajstić information content (AvgIpc) is 2.79. The third kappa shape index (κ3) is 2.53. The van der Waals surface area contributed by atoms with Crippen molar-refractivity contribution in [1.29, 1.82) is 5.26 Å². The molecular formula is C13H17N3O2. The Kier molecular flexibility index (Phi) is 3.37. The van der Waals surface area contributed by atoms with Crippen molar-refractivity contribution in [3.8, 4) is 6.07 Å². The highest BCUT2D eigenvalue weighted by molar-refractivity contribution is 5.93. The number of hydrogen-bond acceptors (Lipinski definition) is 4. The van der Waals surface area contributed by atoms with E-state index in [1.54, 1.807) is 13.0 Å². The van der Waals surface area contributed by atoms with Gasteiger partial charge in [0, 0.05) is 6.07 Å². The number of hydrogen-bond donors (Lipinski definition) is 1. The van der Waals surface area contributed by atoms with E-state index in [4.69, 9.17) is 4.52 Å². The van der Waals surface area contributed by atoms with Crippen molar-refractivity contribution < 1.29 is 9.32 Å². The van der Waals surface area contributed by atoms with E-state index < -0.39 is 5.54 Å². The van der Waals surface area contributed by atoms with Gasteiger partial charge >= 0.3 is 0 Å². The van der Waals surface area contributed by atoms with Crippen LogP contribution in [0, 0.1) is 24.2 Å². The van der Waals surface area contributed by atoms with Crippen molar-refractivity contribution >= 4 is 5.91 Å². The molecule has 0 aromatic carbocycles. The molecule has 1 aliphatic rings. The number of aryl methyl sites for hydroxylation is 1. The molecule has 96 valence electrons. The van der Waals surface area contributed by atoms with Crippen LogP contribution in [0.15, 0.2) is 10.6 Å². The number of nitrogens with zero attached hydrogens (tertiary/aromatic N) is 2. The highest BCUT2D eigenvalue weighted by Gasteiger charge is 2.36. The van der Waals surface area contributed by atoms with Gasteiger partial charge in [-0.15, -0.1) is 0 Å². The van der Waals surface area contributed by atoms with Crippen LogP contribution in [0.1, 0.15) is 48.9 Å². The summed E-state index contributed by atoms with van der Waals surface area (Å²) in [6.45, 7) is 3.90. The van der Waals surface area contributed by atoms with Gasteiger partial charge in [-0.3, -0.25) is 4.79 Å². The van der Waals surface area contributed by atoms with E-state index in [9.17, 15) is 10.1 Å². The van der Waals surface area contributed by atoms with Crippen LogP contribution < -0.4 is 5.32 Å². The minimum absolute atomic E-state index is 0.237. The summed E-state index contributed by atoms with van der Waals surface area (Å²) in [6, 6.07) is 3.83. The zero-order valence-electron chi connectivity index (χ0n) is 10.7. The van der Waals surface area contributed by atoms with Gasteiger partial charge in [-0.1, -0.05) is 12.1 Å². The van der Waals surface area contributed by atoms with E-state index in [1.807, 2.05) is 0 Å². The molecule has 0 unspecified atom stereocenters. The van der Waals surface area contributed by atoms with Crippen LogP contribution >= 0.6 is 0 Å². The summed E-state index contributed by atoms with van der Waals surface area (Å²) >= 11 is 0. The molecular weight excluding hydrogens is 230 g/mol. The predicted octanol–water partition coefficient (Wildman–Crippen LogP) is 2.19. The van der Waals surface area contributed by atoms with Crippen LogP contribution in [0.2, 0.25) is 0 Å². The molecule has 1 aliphatic carbocycles. The summed E-state index contributed by atoms with van der Waals surface area (Å²) in [5.74, 6) is 0.879. The third-order valence-corrected chi connectivity index (χ3v) is 3.56. The van der Waals surface area contributed by atoms with Gasteiger partial charge in [0.15, 0.2) is 5.69 Å². The summed E-state index contributed by atoms with van der Waals surface area (Å²) < 4.78 is 4.86. The molecule has 0 spiro atoms. The Labute approximate surface area is 106 Å². The van der Waals surface area contributed by atoms with E-state index in [-0.39, 0.29) is 11.6 Å². The molecule has 1 aromatic heterocycles. The number of carbonyl (C=O) groups is 1. The molecule has 0 aliphatic heterocycles. The molecule has 1 N–H and O–H groups in total. The van der Waals surface area contributed by atoms with Crippen molar-refractivity contribution in [1.82, 2.24) is 10.5 Å². The molecule has 1 saturated carbocycles. The maximum Gasteiger partial charge on any atom is 0.274 e. The first-order chi connectivity index (χ1) is 8.54. The highest BCUT2D eigenvalue weighted by atomic mass is 16.5. The summed E-state index contributed by atoms with van der Waals surface area (Å²) in [4.78, 5) is 12.0. The molecule has 1 aromatic rings. The number of aromatic nitrogens is 1. The quantitative estimate of drug-likeness (QED) is 0.868. The highest BCUT2D eigenvalue weighted by Crippen LogP contribution is 2.31. The van der Waals surface area contributed by atoms with Gasteiger partial charge < -0.3 is 9.84 Å². The van der Waals surface area contributed by atoms with Gasteiger partial charge in [0.1, 0.15) is 11.3 Å². The molecule has 2 rings (SSSR count). The van der Waals surface area contributed by atoms with Crippen LogP contribution in [0.5, 0.6) is 0 Å². The average molecular weight is 247 g/mol. The van der Waals surface area contributed by atoms with Gasteiger partial charge in [-0.05, 0) is 38.5 Å². The standard InChI is InChI=1S/C13H17N3O2/c1-9-3-5-13(8-14,6-4-9)15-12(17)11-7-10(2)18-16-11/h7,9H,3-6H2,1-2H3,(H,15,17). The molecule has 0 saturated heterocycles. The van der Waals surface area contributed by atoms with Crippen molar-refractivity contribution in [3.05, 3.63) is 17.5 Å². The Hall–Kier alpha value is -1.83. The Morgan fingerprint density at radius 2 is 2.28 bits per heavy atom. The largest absolute Gasteiger partial charge is 0.361 e. The maximum absolute atomic E-state index is 12.0. The minimum atomic E-state index is -0.740. The number of amides is 1. The normalized spacial score (nSPS) is 27.5. The molecule has 1 fully saturated rings. The zero-order chi connectivity index (χ0) is 13.2. The summed E-state index contributed by atoms with van der Waals surface area (Å²) in [7, 11) is 0. The van der Waals surface area contributed by atoms with E-state index in [1.165, 1.54) is 0 Å². The van der Waals surface area contributed by atoms with Crippen molar-refractivity contribution in [2.45, 2.75) is 45.1 Å². The fourth-order valence-electron chi connectivity index (χ4n) is 2.27.